The molecule has 1 heterocycles. The highest BCUT2D eigenvalue weighted by molar-refractivity contribution is 6.30. The summed E-state index contributed by atoms with van der Waals surface area (Å²) in [7, 11) is 0. The molecule has 6 heteroatoms. The molecule has 0 fully saturated rings. The highest BCUT2D eigenvalue weighted by atomic mass is 35.5. The maximum Gasteiger partial charge on any atom is 0.303 e. The number of amides is 1. The van der Waals surface area contributed by atoms with Gasteiger partial charge in [0.25, 0.3) is 5.91 Å². The summed E-state index contributed by atoms with van der Waals surface area (Å²) in [6.45, 7) is 3.55. The van der Waals surface area contributed by atoms with E-state index in [0.29, 0.717) is 17.1 Å². The summed E-state index contributed by atoms with van der Waals surface area (Å²) in [4.78, 5) is 25.0. The zero-order chi connectivity index (χ0) is 13.1. The van der Waals surface area contributed by atoms with Gasteiger partial charge in [-0.15, -0.1) is 0 Å². The van der Waals surface area contributed by atoms with Gasteiger partial charge in [-0.2, -0.15) is 0 Å². The van der Waals surface area contributed by atoms with Gasteiger partial charge in [0, 0.05) is 18.2 Å². The molecule has 1 amide bonds. The number of aliphatic carboxylic acids is 1. The van der Waals surface area contributed by atoms with Crippen molar-refractivity contribution >= 4 is 23.5 Å². The van der Waals surface area contributed by atoms with Gasteiger partial charge in [0.15, 0.2) is 0 Å². The summed E-state index contributed by atoms with van der Waals surface area (Å²) in [5.41, 5.74) is -0.217. The van der Waals surface area contributed by atoms with E-state index in [1.165, 1.54) is 12.3 Å². The minimum atomic E-state index is -0.879. The Morgan fingerprint density at radius 3 is 2.65 bits per heavy atom. The van der Waals surface area contributed by atoms with E-state index in [4.69, 9.17) is 16.7 Å². The lowest BCUT2D eigenvalue weighted by atomic mass is 9.98. The first-order chi connectivity index (χ1) is 7.80. The van der Waals surface area contributed by atoms with E-state index in [2.05, 4.69) is 10.3 Å². The minimum Gasteiger partial charge on any atom is -0.481 e. The van der Waals surface area contributed by atoms with Crippen LogP contribution in [-0.2, 0) is 4.79 Å². The van der Waals surface area contributed by atoms with Crippen LogP contribution in [0.25, 0.3) is 0 Å². The van der Waals surface area contributed by atoms with E-state index in [9.17, 15) is 9.59 Å². The van der Waals surface area contributed by atoms with Crippen LogP contribution >= 0.6 is 11.6 Å². The average molecular weight is 259 g/mol. The largest absolute Gasteiger partial charge is 0.481 e. The number of rotatable bonds is 5. The second-order valence-electron chi connectivity index (χ2n) is 4.46. The second-order valence-corrected chi connectivity index (χ2v) is 4.90. The molecule has 17 heavy (non-hydrogen) atoms. The van der Waals surface area contributed by atoms with Crippen LogP contribution in [-0.4, -0.2) is 27.5 Å². The number of aromatic nitrogens is 1. The standard InChI is InChI=1S/C11H15ClN2O3/c1-11(2,4-3-9(15)16)14-10(17)8-5-7(12)6-13-8/h5-6,13H,3-4H2,1-2H3,(H,14,17)(H,15,16). The molecule has 1 aromatic heterocycles. The molecule has 0 saturated carbocycles. The van der Waals surface area contributed by atoms with Crippen LogP contribution in [0.5, 0.6) is 0 Å². The molecular weight excluding hydrogens is 244 g/mol. The first-order valence-electron chi connectivity index (χ1n) is 5.18. The highest BCUT2D eigenvalue weighted by Gasteiger charge is 2.22. The highest BCUT2D eigenvalue weighted by Crippen LogP contribution is 2.14. The molecule has 0 aliphatic rings. The Balaban J connectivity index is 2.58. The van der Waals surface area contributed by atoms with Crippen LogP contribution in [0.15, 0.2) is 12.3 Å². The third-order valence-electron chi connectivity index (χ3n) is 2.31. The Kier molecular flexibility index (Phi) is 4.17. The zero-order valence-electron chi connectivity index (χ0n) is 9.71. The lowest BCUT2D eigenvalue weighted by molar-refractivity contribution is -0.137. The van der Waals surface area contributed by atoms with Crippen LogP contribution in [0.1, 0.15) is 37.2 Å². The Morgan fingerprint density at radius 2 is 2.18 bits per heavy atom. The number of carbonyl (C=O) groups is 2. The molecule has 0 unspecified atom stereocenters. The molecule has 0 bridgehead atoms. The third kappa shape index (κ3) is 4.48. The fraction of sp³-hybridized carbons (Fsp3) is 0.455. The predicted molar refractivity (Wildman–Crippen MR) is 64.2 cm³/mol. The van der Waals surface area contributed by atoms with Crippen molar-refractivity contribution in [3.8, 4) is 0 Å². The average Bonchev–Trinajstić information content (AvgIpc) is 2.61. The Morgan fingerprint density at radius 1 is 1.53 bits per heavy atom. The first kappa shape index (κ1) is 13.6. The Labute approximate surface area is 104 Å². The third-order valence-corrected chi connectivity index (χ3v) is 2.53. The molecule has 0 radical (unpaired) electrons. The van der Waals surface area contributed by atoms with Crippen molar-refractivity contribution in [3.63, 3.8) is 0 Å². The van der Waals surface area contributed by atoms with E-state index in [1.54, 1.807) is 13.8 Å². The molecule has 0 aliphatic heterocycles. The fourth-order valence-corrected chi connectivity index (χ4v) is 1.52. The van der Waals surface area contributed by atoms with E-state index >= 15 is 0 Å². The van der Waals surface area contributed by atoms with Crippen molar-refractivity contribution in [2.75, 3.05) is 0 Å². The SMILES string of the molecule is CC(C)(CCC(=O)O)NC(=O)c1cc(Cl)c[nH]1. The number of carboxylic acid groups (broad SMARTS) is 1. The van der Waals surface area contributed by atoms with E-state index in [0.717, 1.165) is 0 Å². The van der Waals surface area contributed by atoms with Gasteiger partial charge in [0.05, 0.1) is 5.02 Å². The molecule has 1 aromatic rings. The van der Waals surface area contributed by atoms with Crippen molar-refractivity contribution in [1.82, 2.24) is 10.3 Å². The smallest absolute Gasteiger partial charge is 0.303 e. The molecule has 3 N–H and O–H groups in total. The van der Waals surface area contributed by atoms with Crippen molar-refractivity contribution in [1.29, 1.82) is 0 Å². The minimum absolute atomic E-state index is 0.0127. The van der Waals surface area contributed by atoms with Gasteiger partial charge >= 0.3 is 5.97 Å². The van der Waals surface area contributed by atoms with Gasteiger partial charge < -0.3 is 15.4 Å². The van der Waals surface area contributed by atoms with Gasteiger partial charge in [0.2, 0.25) is 0 Å². The number of carboxylic acids is 1. The van der Waals surface area contributed by atoms with Crippen LogP contribution in [0, 0.1) is 0 Å². The quantitative estimate of drug-likeness (QED) is 0.756. The molecular formula is C11H15ClN2O3. The van der Waals surface area contributed by atoms with Crippen molar-refractivity contribution in [2.45, 2.75) is 32.2 Å². The molecule has 0 atom stereocenters. The summed E-state index contributed by atoms with van der Waals surface area (Å²) >= 11 is 5.69. The first-order valence-corrected chi connectivity index (χ1v) is 5.56. The van der Waals surface area contributed by atoms with Crippen LogP contribution < -0.4 is 5.32 Å². The molecule has 94 valence electrons. The molecule has 1 rings (SSSR count). The number of H-pyrrole nitrogens is 1. The zero-order valence-corrected chi connectivity index (χ0v) is 10.5. The van der Waals surface area contributed by atoms with Crippen LogP contribution in [0.3, 0.4) is 0 Å². The van der Waals surface area contributed by atoms with Gasteiger partial charge in [-0.1, -0.05) is 11.6 Å². The number of carbonyl (C=O) groups excluding carboxylic acids is 1. The van der Waals surface area contributed by atoms with Gasteiger partial charge in [-0.3, -0.25) is 9.59 Å². The van der Waals surface area contributed by atoms with Crippen molar-refractivity contribution in [2.24, 2.45) is 0 Å². The number of nitrogens with one attached hydrogen (secondary N) is 2. The number of hydrogen-bond acceptors (Lipinski definition) is 2. The van der Waals surface area contributed by atoms with E-state index in [1.807, 2.05) is 0 Å². The summed E-state index contributed by atoms with van der Waals surface area (Å²) in [5.74, 6) is -1.18. The number of halogens is 1. The maximum atomic E-state index is 11.8. The lowest BCUT2D eigenvalue weighted by Crippen LogP contribution is -2.43. The van der Waals surface area contributed by atoms with E-state index < -0.39 is 11.5 Å². The maximum absolute atomic E-state index is 11.8. The van der Waals surface area contributed by atoms with Crippen molar-refractivity contribution < 1.29 is 14.7 Å². The molecule has 0 aliphatic carbocycles. The van der Waals surface area contributed by atoms with E-state index in [-0.39, 0.29) is 12.3 Å². The topological polar surface area (TPSA) is 82.2 Å². The molecule has 5 nitrogen and oxygen atoms in total. The fourth-order valence-electron chi connectivity index (χ4n) is 1.36. The Hall–Kier alpha value is -1.49. The number of aromatic amines is 1. The monoisotopic (exact) mass is 258 g/mol. The number of hydrogen-bond donors (Lipinski definition) is 3. The normalized spacial score (nSPS) is 11.2. The summed E-state index contributed by atoms with van der Waals surface area (Å²) < 4.78 is 0. The summed E-state index contributed by atoms with van der Waals surface area (Å²) in [5, 5.41) is 11.8. The lowest BCUT2D eigenvalue weighted by Gasteiger charge is -2.25. The second kappa shape index (κ2) is 5.23. The predicted octanol–water partition coefficient (Wildman–Crippen LogP) is 2.04. The molecule has 0 aromatic carbocycles. The Bertz CT molecular complexity index is 426. The van der Waals surface area contributed by atoms with Gasteiger partial charge in [-0.25, -0.2) is 0 Å². The molecule has 0 saturated heterocycles. The molecule has 0 spiro atoms. The van der Waals surface area contributed by atoms with Gasteiger partial charge in [0.1, 0.15) is 5.69 Å². The summed E-state index contributed by atoms with van der Waals surface area (Å²) in [6, 6.07) is 1.52. The van der Waals surface area contributed by atoms with Gasteiger partial charge in [-0.05, 0) is 26.3 Å². The van der Waals surface area contributed by atoms with Crippen molar-refractivity contribution in [3.05, 3.63) is 23.0 Å². The van der Waals surface area contributed by atoms with Crippen LogP contribution in [0.4, 0.5) is 0 Å². The summed E-state index contributed by atoms with van der Waals surface area (Å²) in [6.07, 6.45) is 1.89. The van der Waals surface area contributed by atoms with Crippen LogP contribution in [0.2, 0.25) is 5.02 Å².